The van der Waals surface area contributed by atoms with E-state index in [0.29, 0.717) is 23.7 Å². The third kappa shape index (κ3) is 3.68. The number of aromatic nitrogens is 1. The monoisotopic (exact) mass is 400 g/mol. The van der Waals surface area contributed by atoms with Crippen LogP contribution in [0.25, 0.3) is 10.2 Å². The Morgan fingerprint density at radius 3 is 2.86 bits per heavy atom. The molecule has 0 bridgehead atoms. The van der Waals surface area contributed by atoms with Crippen molar-refractivity contribution in [2.24, 2.45) is 0 Å². The third-order valence-corrected chi connectivity index (χ3v) is 5.23. The van der Waals surface area contributed by atoms with Gasteiger partial charge in [0.15, 0.2) is 11.5 Å². The standard InChI is InChI=1S/C20H20N2O5S/c1-12(2)27-20(24)15-8-14-5-6-28-19(14)22(15)10-18(23)21-9-13-3-4-16-17(7-13)26-11-25-16/h3-8,12H,9-11H2,1-2H3,(H,21,23). The van der Waals surface area contributed by atoms with Crippen LogP contribution in [0.5, 0.6) is 11.5 Å². The lowest BCUT2D eigenvalue weighted by atomic mass is 10.2. The second-order valence-corrected chi connectivity index (χ2v) is 7.61. The first kappa shape index (κ1) is 18.4. The summed E-state index contributed by atoms with van der Waals surface area (Å²) in [5, 5.41) is 5.74. The van der Waals surface area contributed by atoms with Crippen molar-refractivity contribution in [3.8, 4) is 11.5 Å². The van der Waals surface area contributed by atoms with E-state index in [1.807, 2.05) is 29.6 Å². The van der Waals surface area contributed by atoms with Crippen molar-refractivity contribution in [1.29, 1.82) is 0 Å². The van der Waals surface area contributed by atoms with Crippen molar-refractivity contribution in [2.45, 2.75) is 33.0 Å². The lowest BCUT2D eigenvalue weighted by molar-refractivity contribution is -0.121. The number of amides is 1. The number of benzene rings is 1. The Hall–Kier alpha value is -3.00. The second kappa shape index (κ2) is 7.55. The molecule has 1 amide bonds. The highest BCUT2D eigenvalue weighted by molar-refractivity contribution is 7.16. The maximum Gasteiger partial charge on any atom is 0.355 e. The number of carbonyl (C=O) groups is 2. The average molecular weight is 400 g/mol. The topological polar surface area (TPSA) is 78.8 Å². The van der Waals surface area contributed by atoms with Gasteiger partial charge in [-0.05, 0) is 49.1 Å². The van der Waals surface area contributed by atoms with Gasteiger partial charge in [-0.15, -0.1) is 11.3 Å². The molecule has 4 rings (SSSR count). The summed E-state index contributed by atoms with van der Waals surface area (Å²) >= 11 is 1.49. The number of nitrogens with zero attached hydrogens (tertiary/aromatic N) is 1. The van der Waals surface area contributed by atoms with Crippen molar-refractivity contribution in [3.63, 3.8) is 0 Å². The molecule has 0 spiro atoms. The zero-order valence-corrected chi connectivity index (χ0v) is 16.4. The Bertz CT molecular complexity index is 1040. The predicted octanol–water partition coefficient (Wildman–Crippen LogP) is 3.31. The maximum atomic E-state index is 12.5. The minimum absolute atomic E-state index is 0.0388. The van der Waals surface area contributed by atoms with E-state index >= 15 is 0 Å². The number of thiophene rings is 1. The van der Waals surface area contributed by atoms with Crippen molar-refractivity contribution in [1.82, 2.24) is 9.88 Å². The molecule has 7 nitrogen and oxygen atoms in total. The molecular weight excluding hydrogens is 380 g/mol. The van der Waals surface area contributed by atoms with Crippen LogP contribution in [0.1, 0.15) is 29.9 Å². The Morgan fingerprint density at radius 2 is 2.04 bits per heavy atom. The highest BCUT2D eigenvalue weighted by Gasteiger charge is 2.20. The van der Waals surface area contributed by atoms with Crippen LogP contribution >= 0.6 is 11.3 Å². The molecule has 0 saturated heterocycles. The van der Waals surface area contributed by atoms with Crippen LogP contribution in [0.15, 0.2) is 35.7 Å². The molecule has 2 aromatic heterocycles. The smallest absolute Gasteiger partial charge is 0.355 e. The molecule has 3 heterocycles. The molecule has 28 heavy (non-hydrogen) atoms. The van der Waals surface area contributed by atoms with Crippen molar-refractivity contribution in [2.75, 3.05) is 6.79 Å². The fourth-order valence-electron chi connectivity index (χ4n) is 3.03. The van der Waals surface area contributed by atoms with Gasteiger partial charge in [-0.3, -0.25) is 4.79 Å². The van der Waals surface area contributed by atoms with Crippen LogP contribution in [0.2, 0.25) is 0 Å². The minimum atomic E-state index is -0.429. The van der Waals surface area contributed by atoms with E-state index in [4.69, 9.17) is 14.2 Å². The summed E-state index contributed by atoms with van der Waals surface area (Å²) in [6.45, 7) is 4.20. The van der Waals surface area contributed by atoms with E-state index in [9.17, 15) is 9.59 Å². The van der Waals surface area contributed by atoms with E-state index in [2.05, 4.69) is 5.32 Å². The van der Waals surface area contributed by atoms with E-state index < -0.39 is 5.97 Å². The summed E-state index contributed by atoms with van der Waals surface area (Å²) in [5.74, 6) is 0.760. The first-order valence-electron chi connectivity index (χ1n) is 8.94. The summed E-state index contributed by atoms with van der Waals surface area (Å²) in [4.78, 5) is 25.8. The van der Waals surface area contributed by atoms with Gasteiger partial charge in [0.2, 0.25) is 12.7 Å². The molecule has 1 aromatic carbocycles. The Labute approximate surface area is 165 Å². The van der Waals surface area contributed by atoms with Crippen LogP contribution in [0.4, 0.5) is 0 Å². The SMILES string of the molecule is CC(C)OC(=O)c1cc2ccsc2n1CC(=O)NCc1ccc2c(c1)OCO2. The van der Waals surface area contributed by atoms with E-state index in [1.165, 1.54) is 11.3 Å². The van der Waals surface area contributed by atoms with E-state index in [0.717, 1.165) is 15.8 Å². The zero-order chi connectivity index (χ0) is 19.7. The molecule has 1 aliphatic heterocycles. The van der Waals surface area contributed by atoms with Crippen LogP contribution < -0.4 is 14.8 Å². The predicted molar refractivity (Wildman–Crippen MR) is 105 cm³/mol. The molecule has 8 heteroatoms. The molecule has 0 fully saturated rings. The molecule has 1 aliphatic rings. The fraction of sp³-hybridized carbons (Fsp3) is 0.300. The molecule has 0 radical (unpaired) electrons. The lowest BCUT2D eigenvalue weighted by Gasteiger charge is -2.12. The fourth-order valence-corrected chi connectivity index (χ4v) is 3.92. The zero-order valence-electron chi connectivity index (χ0n) is 15.6. The average Bonchev–Trinajstić information content (AvgIpc) is 3.35. The number of rotatable bonds is 6. The number of fused-ring (bicyclic) bond motifs is 2. The molecule has 1 N–H and O–H groups in total. The molecular formula is C20H20N2O5S. The van der Waals surface area contributed by atoms with Gasteiger partial charge in [-0.1, -0.05) is 6.07 Å². The highest BCUT2D eigenvalue weighted by Crippen LogP contribution is 2.32. The van der Waals surface area contributed by atoms with Gasteiger partial charge < -0.3 is 24.1 Å². The van der Waals surface area contributed by atoms with Gasteiger partial charge >= 0.3 is 5.97 Å². The third-order valence-electron chi connectivity index (χ3n) is 4.28. The maximum absolute atomic E-state index is 12.5. The Balaban J connectivity index is 1.47. The Kier molecular flexibility index (Phi) is 4.95. The van der Waals surface area contributed by atoms with Crippen molar-refractivity contribution in [3.05, 3.63) is 47.0 Å². The molecule has 146 valence electrons. The van der Waals surface area contributed by atoms with Gasteiger partial charge in [-0.2, -0.15) is 0 Å². The van der Waals surface area contributed by atoms with Gasteiger partial charge in [0.25, 0.3) is 0 Å². The lowest BCUT2D eigenvalue weighted by Crippen LogP contribution is -2.28. The van der Waals surface area contributed by atoms with E-state index in [1.54, 1.807) is 24.5 Å². The first-order valence-corrected chi connectivity index (χ1v) is 9.82. The molecule has 0 aliphatic carbocycles. The number of ether oxygens (including phenoxy) is 3. The summed E-state index contributed by atoms with van der Waals surface area (Å²) in [6.07, 6.45) is -0.228. The summed E-state index contributed by atoms with van der Waals surface area (Å²) < 4.78 is 17.7. The largest absolute Gasteiger partial charge is 0.458 e. The second-order valence-electron chi connectivity index (χ2n) is 6.72. The molecule has 0 unspecified atom stereocenters. The Morgan fingerprint density at radius 1 is 1.21 bits per heavy atom. The molecule has 3 aromatic rings. The van der Waals surface area contributed by atoms with Gasteiger partial charge in [0.1, 0.15) is 17.1 Å². The van der Waals surface area contributed by atoms with Gasteiger partial charge in [0.05, 0.1) is 6.10 Å². The number of hydrogen-bond donors (Lipinski definition) is 1. The van der Waals surface area contributed by atoms with Gasteiger partial charge in [0, 0.05) is 11.9 Å². The van der Waals surface area contributed by atoms with E-state index in [-0.39, 0.29) is 25.3 Å². The van der Waals surface area contributed by atoms with Gasteiger partial charge in [-0.25, -0.2) is 4.79 Å². The van der Waals surface area contributed by atoms with Crippen LogP contribution in [0.3, 0.4) is 0 Å². The van der Waals surface area contributed by atoms with Crippen LogP contribution in [-0.2, 0) is 22.6 Å². The summed E-state index contributed by atoms with van der Waals surface area (Å²) in [6, 6.07) is 9.24. The number of esters is 1. The minimum Gasteiger partial charge on any atom is -0.458 e. The first-order chi connectivity index (χ1) is 13.5. The van der Waals surface area contributed by atoms with Crippen LogP contribution in [0, 0.1) is 0 Å². The number of carbonyl (C=O) groups excluding carboxylic acids is 2. The molecule has 0 saturated carbocycles. The summed E-state index contributed by atoms with van der Waals surface area (Å²) in [5.41, 5.74) is 1.29. The normalized spacial score (nSPS) is 12.5. The van der Waals surface area contributed by atoms with Crippen molar-refractivity contribution >= 4 is 33.4 Å². The number of hydrogen-bond acceptors (Lipinski definition) is 6. The van der Waals surface area contributed by atoms with Crippen LogP contribution in [-0.4, -0.2) is 29.3 Å². The highest BCUT2D eigenvalue weighted by atomic mass is 32.1. The van der Waals surface area contributed by atoms with Crippen molar-refractivity contribution < 1.29 is 23.8 Å². The summed E-state index contributed by atoms with van der Waals surface area (Å²) in [7, 11) is 0. The molecule has 0 atom stereocenters. The quantitative estimate of drug-likeness (QED) is 0.642. The number of nitrogens with one attached hydrogen (secondary N) is 1.